The highest BCUT2D eigenvalue weighted by Gasteiger charge is 2.21. The number of nitrogens with one attached hydrogen (secondary N) is 1. The van der Waals surface area contributed by atoms with E-state index in [1.54, 1.807) is 30.7 Å². The molecule has 1 aromatic heterocycles. The Morgan fingerprint density at radius 3 is 2.41 bits per heavy atom. The van der Waals surface area contributed by atoms with Crippen LogP contribution in [-0.4, -0.2) is 20.6 Å². The van der Waals surface area contributed by atoms with Crippen LogP contribution >= 0.6 is 0 Å². The highest BCUT2D eigenvalue weighted by atomic mass is 16.6. The molecule has 0 unspecified atom stereocenters. The molecule has 7 nitrogen and oxygen atoms in total. The Kier molecular flexibility index (Phi) is 5.77. The molecule has 0 spiro atoms. The average molecular weight is 392 g/mol. The monoisotopic (exact) mass is 392 g/mol. The van der Waals surface area contributed by atoms with Crippen LogP contribution < -0.4 is 5.32 Å². The first-order valence-electron chi connectivity index (χ1n) is 9.49. The van der Waals surface area contributed by atoms with Crippen LogP contribution in [0.3, 0.4) is 0 Å². The first kappa shape index (κ1) is 20.3. The zero-order chi connectivity index (χ0) is 21.1. The second-order valence-electron chi connectivity index (χ2n) is 7.05. The quantitative estimate of drug-likeness (QED) is 0.491. The van der Waals surface area contributed by atoms with Crippen molar-refractivity contribution in [2.45, 2.75) is 40.7 Å². The fraction of sp³-hybridized carbons (Fsp3) is 0.273. The number of aromatic nitrogens is 2. The Morgan fingerprint density at radius 2 is 1.83 bits per heavy atom. The Labute approximate surface area is 169 Å². The lowest BCUT2D eigenvalue weighted by molar-refractivity contribution is -0.386. The first-order valence-corrected chi connectivity index (χ1v) is 9.49. The van der Waals surface area contributed by atoms with E-state index in [-0.39, 0.29) is 11.6 Å². The summed E-state index contributed by atoms with van der Waals surface area (Å²) in [5.41, 5.74) is 5.41. The smallest absolute Gasteiger partial charge is 0.312 e. The summed E-state index contributed by atoms with van der Waals surface area (Å²) in [6.07, 6.45) is 0.838. The maximum absolute atomic E-state index is 12.7. The molecule has 0 radical (unpaired) electrons. The molecule has 0 saturated heterocycles. The van der Waals surface area contributed by atoms with Gasteiger partial charge in [0.25, 0.3) is 5.91 Å². The van der Waals surface area contributed by atoms with E-state index < -0.39 is 4.92 Å². The minimum Gasteiger partial charge on any atom is -0.321 e. The lowest BCUT2D eigenvalue weighted by atomic mass is 10.0. The molecular formula is C22H24N4O3. The predicted molar refractivity (Wildman–Crippen MR) is 112 cm³/mol. The van der Waals surface area contributed by atoms with Gasteiger partial charge in [0, 0.05) is 11.3 Å². The van der Waals surface area contributed by atoms with Gasteiger partial charge >= 0.3 is 5.69 Å². The molecule has 150 valence electrons. The van der Waals surface area contributed by atoms with Crippen molar-refractivity contribution in [3.8, 4) is 0 Å². The molecule has 0 bridgehead atoms. The second-order valence-corrected chi connectivity index (χ2v) is 7.05. The minimum atomic E-state index is -0.405. The number of para-hydroxylation sites is 1. The Hall–Kier alpha value is -3.48. The molecule has 0 saturated carbocycles. The third-order valence-electron chi connectivity index (χ3n) is 5.05. The van der Waals surface area contributed by atoms with E-state index in [2.05, 4.69) is 17.3 Å². The van der Waals surface area contributed by atoms with Crippen molar-refractivity contribution in [2.75, 3.05) is 5.32 Å². The van der Waals surface area contributed by atoms with Gasteiger partial charge in [-0.25, -0.2) is 0 Å². The van der Waals surface area contributed by atoms with Crippen molar-refractivity contribution in [3.63, 3.8) is 0 Å². The van der Waals surface area contributed by atoms with Crippen molar-refractivity contribution in [3.05, 3.63) is 86.2 Å². The topological polar surface area (TPSA) is 90.1 Å². The lowest BCUT2D eigenvalue weighted by Crippen LogP contribution is -2.14. The molecule has 7 heteroatoms. The summed E-state index contributed by atoms with van der Waals surface area (Å²) < 4.78 is 1.61. The molecular weight excluding hydrogens is 368 g/mol. The highest BCUT2D eigenvalue weighted by molar-refractivity contribution is 6.05. The molecule has 3 rings (SSSR count). The molecule has 3 aromatic rings. The number of rotatable bonds is 6. The summed E-state index contributed by atoms with van der Waals surface area (Å²) in [5.74, 6) is -0.165. The number of carbonyl (C=O) groups excluding carboxylic acids is 1. The van der Waals surface area contributed by atoms with Crippen LogP contribution in [-0.2, 0) is 13.0 Å². The third-order valence-corrected chi connectivity index (χ3v) is 5.05. The summed E-state index contributed by atoms with van der Waals surface area (Å²) in [7, 11) is 0. The number of hydrogen-bond donors (Lipinski definition) is 1. The molecule has 1 heterocycles. The number of carbonyl (C=O) groups is 1. The Balaban J connectivity index is 1.77. The first-order chi connectivity index (χ1) is 13.8. The summed E-state index contributed by atoms with van der Waals surface area (Å²) in [6.45, 7) is 7.76. The summed E-state index contributed by atoms with van der Waals surface area (Å²) >= 11 is 0. The fourth-order valence-corrected chi connectivity index (χ4v) is 3.43. The fourth-order valence-electron chi connectivity index (χ4n) is 3.43. The largest absolute Gasteiger partial charge is 0.321 e. The van der Waals surface area contributed by atoms with E-state index in [0.717, 1.165) is 28.8 Å². The highest BCUT2D eigenvalue weighted by Crippen LogP contribution is 2.24. The van der Waals surface area contributed by atoms with E-state index in [1.807, 2.05) is 37.3 Å². The third kappa shape index (κ3) is 4.18. The maximum atomic E-state index is 12.7. The van der Waals surface area contributed by atoms with Gasteiger partial charge in [0.15, 0.2) is 0 Å². The van der Waals surface area contributed by atoms with Crippen LogP contribution in [0.1, 0.15) is 45.4 Å². The van der Waals surface area contributed by atoms with Crippen molar-refractivity contribution < 1.29 is 9.72 Å². The average Bonchev–Trinajstić information content (AvgIpc) is 2.97. The van der Waals surface area contributed by atoms with Crippen molar-refractivity contribution in [2.24, 2.45) is 0 Å². The van der Waals surface area contributed by atoms with E-state index in [9.17, 15) is 14.9 Å². The van der Waals surface area contributed by atoms with Crippen molar-refractivity contribution in [1.29, 1.82) is 0 Å². The van der Waals surface area contributed by atoms with Gasteiger partial charge in [0.05, 0.1) is 11.5 Å². The minimum absolute atomic E-state index is 0.0472. The van der Waals surface area contributed by atoms with Gasteiger partial charge in [-0.05, 0) is 56.0 Å². The van der Waals surface area contributed by atoms with Gasteiger partial charge in [-0.15, -0.1) is 0 Å². The van der Waals surface area contributed by atoms with E-state index in [1.165, 1.54) is 0 Å². The van der Waals surface area contributed by atoms with Crippen LogP contribution in [0.25, 0.3) is 0 Å². The normalized spacial score (nSPS) is 10.8. The van der Waals surface area contributed by atoms with Gasteiger partial charge in [0.1, 0.15) is 11.4 Å². The van der Waals surface area contributed by atoms with E-state index in [0.29, 0.717) is 23.5 Å². The molecule has 1 amide bonds. The van der Waals surface area contributed by atoms with Gasteiger partial charge in [-0.2, -0.15) is 5.10 Å². The van der Waals surface area contributed by atoms with Crippen LogP contribution in [0.2, 0.25) is 0 Å². The number of nitro groups is 1. The number of nitrogens with zero attached hydrogens (tertiary/aromatic N) is 3. The summed E-state index contributed by atoms with van der Waals surface area (Å²) in [4.78, 5) is 23.4. The number of anilines is 1. The second kappa shape index (κ2) is 8.26. The summed E-state index contributed by atoms with van der Waals surface area (Å²) in [5, 5.41) is 18.4. The zero-order valence-electron chi connectivity index (χ0n) is 17.0. The maximum Gasteiger partial charge on any atom is 0.312 e. The van der Waals surface area contributed by atoms with Crippen LogP contribution in [0.15, 0.2) is 42.5 Å². The SMILES string of the molecule is CCc1cccc(C)c1NC(=O)c1ccc(Cn2nc(C)c([N+](=O)[O-])c2C)cc1. The Bertz CT molecular complexity index is 1070. The number of amides is 1. The lowest BCUT2D eigenvalue weighted by Gasteiger charge is -2.13. The number of benzene rings is 2. The summed E-state index contributed by atoms with van der Waals surface area (Å²) in [6, 6.07) is 13.2. The van der Waals surface area contributed by atoms with E-state index >= 15 is 0 Å². The van der Waals surface area contributed by atoms with Crippen LogP contribution in [0.4, 0.5) is 11.4 Å². The number of hydrogen-bond acceptors (Lipinski definition) is 4. The molecule has 1 N–H and O–H groups in total. The van der Waals surface area contributed by atoms with Gasteiger partial charge in [-0.3, -0.25) is 19.6 Å². The number of aryl methyl sites for hydroxylation is 3. The van der Waals surface area contributed by atoms with Gasteiger partial charge < -0.3 is 5.32 Å². The molecule has 0 fully saturated rings. The standard InChI is InChI=1S/C22H24N4O3/c1-5-18-8-6-7-14(2)20(18)23-22(27)19-11-9-17(10-12-19)13-25-16(4)21(26(28)29)15(3)24-25/h6-12H,5,13H2,1-4H3,(H,23,27). The predicted octanol–water partition coefficient (Wildman–Crippen LogP) is 4.58. The molecule has 0 aliphatic carbocycles. The van der Waals surface area contributed by atoms with E-state index in [4.69, 9.17) is 0 Å². The molecule has 2 aromatic carbocycles. The molecule has 0 aliphatic rings. The molecule has 0 aliphatic heterocycles. The Morgan fingerprint density at radius 1 is 1.14 bits per heavy atom. The van der Waals surface area contributed by atoms with Crippen molar-refractivity contribution >= 4 is 17.3 Å². The van der Waals surface area contributed by atoms with Gasteiger partial charge in [-0.1, -0.05) is 37.3 Å². The zero-order valence-corrected chi connectivity index (χ0v) is 17.0. The van der Waals surface area contributed by atoms with Crippen molar-refractivity contribution in [1.82, 2.24) is 9.78 Å². The molecule has 29 heavy (non-hydrogen) atoms. The van der Waals surface area contributed by atoms with Gasteiger partial charge in [0.2, 0.25) is 0 Å². The van der Waals surface area contributed by atoms with Crippen LogP contribution in [0.5, 0.6) is 0 Å². The van der Waals surface area contributed by atoms with Crippen LogP contribution in [0, 0.1) is 30.9 Å². The molecule has 0 atom stereocenters.